The van der Waals surface area contributed by atoms with Crippen molar-refractivity contribution in [2.75, 3.05) is 0 Å². The highest BCUT2D eigenvalue weighted by molar-refractivity contribution is 7.11. The van der Waals surface area contributed by atoms with E-state index in [4.69, 9.17) is 0 Å². The average molecular weight is 170 g/mol. The van der Waals surface area contributed by atoms with Crippen molar-refractivity contribution < 1.29 is 0 Å². The van der Waals surface area contributed by atoms with Gasteiger partial charge in [-0.2, -0.15) is 0 Å². The molecule has 0 saturated carbocycles. The maximum absolute atomic E-state index is 2.17. The molecule has 0 spiro atoms. The fourth-order valence-electron chi connectivity index (χ4n) is 0.557. The monoisotopic (exact) mass is 170 g/mol. The SMILES string of the molecule is CC(C)C.Cc1ccc(C)s1. The molecule has 0 fully saturated rings. The lowest BCUT2D eigenvalue weighted by atomic mass is 10.3. The normalized spacial score (nSPS) is 9.27. The van der Waals surface area contributed by atoms with Gasteiger partial charge in [-0.05, 0) is 31.9 Å². The van der Waals surface area contributed by atoms with Crippen molar-refractivity contribution in [3.63, 3.8) is 0 Å². The number of rotatable bonds is 0. The Morgan fingerprint density at radius 1 is 1.00 bits per heavy atom. The number of hydrogen-bond acceptors (Lipinski definition) is 1. The van der Waals surface area contributed by atoms with E-state index in [1.807, 2.05) is 11.3 Å². The van der Waals surface area contributed by atoms with Gasteiger partial charge in [0.05, 0.1) is 0 Å². The van der Waals surface area contributed by atoms with Crippen LogP contribution in [0.4, 0.5) is 0 Å². The van der Waals surface area contributed by atoms with E-state index in [2.05, 4.69) is 46.8 Å². The van der Waals surface area contributed by atoms with Crippen LogP contribution in [0, 0.1) is 19.8 Å². The van der Waals surface area contributed by atoms with Crippen molar-refractivity contribution in [1.29, 1.82) is 0 Å². The minimum atomic E-state index is 0.833. The van der Waals surface area contributed by atoms with E-state index < -0.39 is 0 Å². The van der Waals surface area contributed by atoms with Crippen LogP contribution in [-0.2, 0) is 0 Å². The summed E-state index contributed by atoms with van der Waals surface area (Å²) in [4.78, 5) is 2.80. The molecule has 0 aliphatic carbocycles. The number of aryl methyl sites for hydroxylation is 2. The van der Waals surface area contributed by atoms with Crippen LogP contribution in [0.5, 0.6) is 0 Å². The van der Waals surface area contributed by atoms with Gasteiger partial charge in [0.2, 0.25) is 0 Å². The van der Waals surface area contributed by atoms with Crippen molar-refractivity contribution in [2.24, 2.45) is 5.92 Å². The molecule has 0 radical (unpaired) electrons. The highest BCUT2D eigenvalue weighted by Crippen LogP contribution is 2.12. The van der Waals surface area contributed by atoms with Crippen molar-refractivity contribution >= 4 is 11.3 Å². The standard InChI is InChI=1S/C6H8S.C4H10/c1-5-3-4-6(2)7-5;1-4(2)3/h3-4H,1-2H3;4H,1-3H3. The zero-order valence-electron chi connectivity index (χ0n) is 8.14. The molecule has 0 saturated heterocycles. The minimum Gasteiger partial charge on any atom is -0.146 e. The Morgan fingerprint density at radius 2 is 1.27 bits per heavy atom. The lowest BCUT2D eigenvalue weighted by Gasteiger charge is -1.79. The van der Waals surface area contributed by atoms with E-state index in [1.54, 1.807) is 0 Å². The van der Waals surface area contributed by atoms with Crippen molar-refractivity contribution in [2.45, 2.75) is 34.6 Å². The van der Waals surface area contributed by atoms with Gasteiger partial charge in [-0.3, -0.25) is 0 Å². The maximum atomic E-state index is 2.17. The summed E-state index contributed by atoms with van der Waals surface area (Å²) in [5.74, 6) is 0.833. The summed E-state index contributed by atoms with van der Waals surface area (Å²) < 4.78 is 0. The third kappa shape index (κ3) is 7.60. The van der Waals surface area contributed by atoms with E-state index in [0.29, 0.717) is 0 Å². The summed E-state index contributed by atoms with van der Waals surface area (Å²) in [7, 11) is 0. The van der Waals surface area contributed by atoms with Crippen molar-refractivity contribution in [1.82, 2.24) is 0 Å². The molecule has 0 N–H and O–H groups in total. The van der Waals surface area contributed by atoms with Crippen LogP contribution in [0.25, 0.3) is 0 Å². The van der Waals surface area contributed by atoms with Gasteiger partial charge in [-0.25, -0.2) is 0 Å². The zero-order valence-corrected chi connectivity index (χ0v) is 8.96. The molecule has 0 bridgehead atoms. The molecular weight excluding hydrogens is 152 g/mol. The molecule has 0 aliphatic rings. The van der Waals surface area contributed by atoms with Crippen LogP contribution in [0.1, 0.15) is 30.5 Å². The topological polar surface area (TPSA) is 0 Å². The molecule has 0 aliphatic heterocycles. The van der Waals surface area contributed by atoms with Crippen LogP contribution in [0.2, 0.25) is 0 Å². The molecule has 11 heavy (non-hydrogen) atoms. The van der Waals surface area contributed by atoms with Gasteiger partial charge < -0.3 is 0 Å². The fourth-order valence-corrected chi connectivity index (χ4v) is 1.34. The zero-order chi connectivity index (χ0) is 8.85. The van der Waals surface area contributed by atoms with Crippen LogP contribution in [0.15, 0.2) is 12.1 Å². The highest BCUT2D eigenvalue weighted by atomic mass is 32.1. The molecule has 64 valence electrons. The van der Waals surface area contributed by atoms with Gasteiger partial charge in [0.15, 0.2) is 0 Å². The Bertz CT molecular complexity index is 167. The molecule has 0 atom stereocenters. The Hall–Kier alpha value is -0.300. The van der Waals surface area contributed by atoms with Gasteiger partial charge in [0.25, 0.3) is 0 Å². The summed E-state index contributed by atoms with van der Waals surface area (Å²) in [5, 5.41) is 0. The van der Waals surface area contributed by atoms with Gasteiger partial charge in [-0.1, -0.05) is 20.8 Å². The first-order valence-corrected chi connectivity index (χ1v) is 4.87. The van der Waals surface area contributed by atoms with Crippen molar-refractivity contribution in [3.05, 3.63) is 21.9 Å². The molecular formula is C10H18S. The number of thiophene rings is 1. The largest absolute Gasteiger partial charge is 0.146 e. The van der Waals surface area contributed by atoms with Crippen LogP contribution < -0.4 is 0 Å². The van der Waals surface area contributed by atoms with Gasteiger partial charge in [0, 0.05) is 9.75 Å². The van der Waals surface area contributed by atoms with E-state index >= 15 is 0 Å². The second-order valence-corrected chi connectivity index (χ2v) is 4.88. The Kier molecular flexibility index (Phi) is 5.22. The van der Waals surface area contributed by atoms with E-state index in [9.17, 15) is 0 Å². The molecule has 1 heterocycles. The summed E-state index contributed by atoms with van der Waals surface area (Å²) >= 11 is 1.84. The first kappa shape index (κ1) is 10.7. The highest BCUT2D eigenvalue weighted by Gasteiger charge is 1.84. The summed E-state index contributed by atoms with van der Waals surface area (Å²) in [6, 6.07) is 4.28. The summed E-state index contributed by atoms with van der Waals surface area (Å²) in [6.07, 6.45) is 0. The molecule has 0 aromatic carbocycles. The van der Waals surface area contributed by atoms with E-state index in [1.165, 1.54) is 9.75 Å². The van der Waals surface area contributed by atoms with Crippen molar-refractivity contribution in [3.8, 4) is 0 Å². The minimum absolute atomic E-state index is 0.833. The first-order valence-electron chi connectivity index (χ1n) is 4.05. The molecule has 1 aromatic heterocycles. The molecule has 0 amide bonds. The van der Waals surface area contributed by atoms with Gasteiger partial charge in [-0.15, -0.1) is 11.3 Å². The molecule has 0 nitrogen and oxygen atoms in total. The average Bonchev–Trinajstić information content (AvgIpc) is 2.13. The lowest BCUT2D eigenvalue weighted by Crippen LogP contribution is -1.66. The second-order valence-electron chi connectivity index (χ2n) is 3.39. The van der Waals surface area contributed by atoms with E-state index in [0.717, 1.165) is 5.92 Å². The third-order valence-corrected chi connectivity index (χ3v) is 1.79. The Labute approximate surface area is 74.3 Å². The van der Waals surface area contributed by atoms with Gasteiger partial charge >= 0.3 is 0 Å². The first-order chi connectivity index (χ1) is 5.02. The van der Waals surface area contributed by atoms with Gasteiger partial charge in [0.1, 0.15) is 0 Å². The molecule has 0 unspecified atom stereocenters. The summed E-state index contributed by atoms with van der Waals surface area (Å²) in [6.45, 7) is 10.7. The maximum Gasteiger partial charge on any atom is 0.00170 e. The van der Waals surface area contributed by atoms with Crippen LogP contribution >= 0.6 is 11.3 Å². The third-order valence-electron chi connectivity index (χ3n) is 0.875. The predicted molar refractivity (Wildman–Crippen MR) is 54.3 cm³/mol. The van der Waals surface area contributed by atoms with Crippen LogP contribution in [0.3, 0.4) is 0 Å². The summed E-state index contributed by atoms with van der Waals surface area (Å²) in [5.41, 5.74) is 0. The predicted octanol–water partition coefficient (Wildman–Crippen LogP) is 4.03. The van der Waals surface area contributed by atoms with Crippen LogP contribution in [-0.4, -0.2) is 0 Å². The lowest BCUT2D eigenvalue weighted by molar-refractivity contribution is 0.737. The fraction of sp³-hybridized carbons (Fsp3) is 0.600. The van der Waals surface area contributed by atoms with E-state index in [-0.39, 0.29) is 0 Å². The Morgan fingerprint density at radius 3 is 1.36 bits per heavy atom. The molecule has 1 aromatic rings. The Balaban J connectivity index is 0.000000218. The second kappa shape index (κ2) is 5.36. The number of hydrogen-bond donors (Lipinski definition) is 0. The smallest absolute Gasteiger partial charge is 0.00170 e. The quantitative estimate of drug-likeness (QED) is 0.551. The molecule has 1 rings (SSSR count). The molecule has 1 heteroatoms.